The van der Waals surface area contributed by atoms with Gasteiger partial charge in [-0.15, -0.1) is 11.3 Å². The summed E-state index contributed by atoms with van der Waals surface area (Å²) in [7, 11) is -1.03. The minimum absolute atomic E-state index is 0.428. The van der Waals surface area contributed by atoms with Gasteiger partial charge in [-0.05, 0) is 51.5 Å². The first-order valence-electron chi connectivity index (χ1n) is 9.30. The predicted molar refractivity (Wildman–Crippen MR) is 125 cm³/mol. The molecule has 1 N–H and O–H groups in total. The number of benzene rings is 4. The normalized spacial score (nSPS) is 11.3. The van der Waals surface area contributed by atoms with Crippen molar-refractivity contribution in [2.45, 2.75) is 0 Å². The Morgan fingerprint density at radius 3 is 1.72 bits per heavy atom. The fourth-order valence-corrected chi connectivity index (χ4v) is 7.66. The van der Waals surface area contributed by atoms with Gasteiger partial charge in [0.1, 0.15) is 4.88 Å². The van der Waals surface area contributed by atoms with Crippen LogP contribution in [0.2, 0.25) is 0 Å². The van der Waals surface area contributed by atoms with Crippen LogP contribution in [0.15, 0.2) is 96.4 Å². The third-order valence-electron chi connectivity index (χ3n) is 5.09. The third-order valence-corrected chi connectivity index (χ3v) is 8.75. The molecule has 2 nitrogen and oxygen atoms in total. The minimum atomic E-state index is -1.03. The first-order valence-corrected chi connectivity index (χ1v) is 11.5. The van der Waals surface area contributed by atoms with E-state index in [1.54, 1.807) is 0 Å². The molecule has 1 aromatic heterocycles. The van der Waals surface area contributed by atoms with Crippen LogP contribution in [0.1, 0.15) is 9.67 Å². The van der Waals surface area contributed by atoms with Crippen molar-refractivity contribution in [3.8, 4) is 0 Å². The second-order valence-electron chi connectivity index (χ2n) is 6.77. The van der Waals surface area contributed by atoms with Gasteiger partial charge in [0.25, 0.3) is 0 Å². The number of hydrogen-bond donors (Lipinski definition) is 1. The zero-order valence-electron chi connectivity index (χ0n) is 15.4. The maximum Gasteiger partial charge on any atom is 0.346 e. The number of aromatic carboxylic acids is 1. The first-order chi connectivity index (χ1) is 14.2. The van der Waals surface area contributed by atoms with Gasteiger partial charge in [-0.1, -0.05) is 84.9 Å². The second kappa shape index (κ2) is 7.44. The molecule has 5 aromatic rings. The molecule has 0 amide bonds. The van der Waals surface area contributed by atoms with E-state index < -0.39 is 13.9 Å². The molecule has 0 aliphatic rings. The van der Waals surface area contributed by atoms with Gasteiger partial charge in [0, 0.05) is 5.30 Å². The van der Waals surface area contributed by atoms with Gasteiger partial charge in [0.15, 0.2) is 0 Å². The van der Waals surface area contributed by atoms with Crippen molar-refractivity contribution in [1.29, 1.82) is 0 Å². The molecule has 0 saturated heterocycles. The molecule has 0 aliphatic heterocycles. The van der Waals surface area contributed by atoms with Gasteiger partial charge in [-0.3, -0.25) is 0 Å². The van der Waals surface area contributed by atoms with Crippen molar-refractivity contribution in [3.63, 3.8) is 0 Å². The van der Waals surface area contributed by atoms with E-state index in [4.69, 9.17) is 0 Å². The molecular weight excluding hydrogens is 395 g/mol. The van der Waals surface area contributed by atoms with Crippen LogP contribution in [0.25, 0.3) is 21.5 Å². The number of thiophene rings is 1. The topological polar surface area (TPSA) is 37.3 Å². The number of rotatable bonds is 4. The summed E-state index contributed by atoms with van der Waals surface area (Å²) in [6.45, 7) is 0. The summed E-state index contributed by atoms with van der Waals surface area (Å²) in [5, 5.41) is 19.7. The van der Waals surface area contributed by atoms with Crippen LogP contribution in [0.4, 0.5) is 0 Å². The number of hydrogen-bond acceptors (Lipinski definition) is 2. The highest BCUT2D eigenvalue weighted by atomic mass is 32.1. The van der Waals surface area contributed by atoms with E-state index in [0.29, 0.717) is 4.88 Å². The maximum atomic E-state index is 12.0. The Bertz CT molecular complexity index is 1270. The number of carboxylic acids is 1. The zero-order chi connectivity index (χ0) is 19.8. The van der Waals surface area contributed by atoms with Crippen LogP contribution < -0.4 is 15.9 Å². The SMILES string of the molecule is O=C(O)c1sccc1P(c1cccc2ccccc12)c1cccc2ccccc12. The van der Waals surface area contributed by atoms with Gasteiger partial charge >= 0.3 is 5.97 Å². The van der Waals surface area contributed by atoms with Gasteiger partial charge < -0.3 is 5.11 Å². The van der Waals surface area contributed by atoms with E-state index in [1.165, 1.54) is 43.5 Å². The van der Waals surface area contributed by atoms with Gasteiger partial charge in [0.2, 0.25) is 0 Å². The molecule has 5 rings (SSSR count). The fourth-order valence-electron chi connectivity index (χ4n) is 3.83. The Morgan fingerprint density at radius 1 is 0.655 bits per heavy atom. The van der Waals surface area contributed by atoms with Crippen molar-refractivity contribution in [2.24, 2.45) is 0 Å². The van der Waals surface area contributed by atoms with E-state index in [-0.39, 0.29) is 0 Å². The molecule has 0 atom stereocenters. The monoisotopic (exact) mass is 412 g/mol. The molecule has 0 unspecified atom stereocenters. The lowest BCUT2D eigenvalue weighted by atomic mass is 10.1. The lowest BCUT2D eigenvalue weighted by Crippen LogP contribution is -2.24. The average Bonchev–Trinajstić information content (AvgIpc) is 3.24. The molecule has 4 aromatic carbocycles. The summed E-state index contributed by atoms with van der Waals surface area (Å²) in [6, 6.07) is 31.3. The summed E-state index contributed by atoms with van der Waals surface area (Å²) >= 11 is 1.30. The van der Waals surface area contributed by atoms with Crippen molar-refractivity contribution >= 4 is 62.7 Å². The Hall–Kier alpha value is -3.00. The maximum absolute atomic E-state index is 12.0. The molecule has 1 heterocycles. The minimum Gasteiger partial charge on any atom is -0.477 e. The Kier molecular flexibility index (Phi) is 4.63. The number of fused-ring (bicyclic) bond motifs is 2. The van der Waals surface area contributed by atoms with E-state index in [1.807, 2.05) is 35.7 Å². The molecule has 29 heavy (non-hydrogen) atoms. The number of carboxylic acid groups (broad SMARTS) is 1. The summed E-state index contributed by atoms with van der Waals surface area (Å²) in [5.41, 5.74) is 0. The second-order valence-corrected chi connectivity index (χ2v) is 9.80. The van der Waals surface area contributed by atoms with Crippen molar-refractivity contribution < 1.29 is 9.90 Å². The Balaban J connectivity index is 1.87. The summed E-state index contributed by atoms with van der Waals surface area (Å²) in [5.74, 6) is -0.858. The third kappa shape index (κ3) is 3.13. The molecule has 140 valence electrons. The smallest absolute Gasteiger partial charge is 0.346 e. The highest BCUT2D eigenvalue weighted by Gasteiger charge is 2.26. The van der Waals surface area contributed by atoms with Crippen molar-refractivity contribution in [3.05, 3.63) is 101 Å². The average molecular weight is 412 g/mol. The quantitative estimate of drug-likeness (QED) is 0.395. The van der Waals surface area contributed by atoms with E-state index in [2.05, 4.69) is 60.7 Å². The molecule has 0 saturated carbocycles. The van der Waals surface area contributed by atoms with Crippen LogP contribution in [0, 0.1) is 0 Å². The molecule has 0 spiro atoms. The lowest BCUT2D eigenvalue weighted by Gasteiger charge is -2.22. The van der Waals surface area contributed by atoms with Gasteiger partial charge in [-0.25, -0.2) is 4.79 Å². The van der Waals surface area contributed by atoms with Crippen LogP contribution in [-0.4, -0.2) is 11.1 Å². The van der Waals surface area contributed by atoms with E-state index in [0.717, 1.165) is 5.30 Å². The Labute approximate surface area is 173 Å². The molecule has 0 fully saturated rings. The molecule has 0 bridgehead atoms. The molecular formula is C25H17O2PS. The van der Waals surface area contributed by atoms with Crippen LogP contribution in [0.5, 0.6) is 0 Å². The van der Waals surface area contributed by atoms with Crippen LogP contribution in [0.3, 0.4) is 0 Å². The first kappa shape index (κ1) is 18.1. The lowest BCUT2D eigenvalue weighted by molar-refractivity contribution is 0.0703. The molecule has 0 radical (unpaired) electrons. The fraction of sp³-hybridized carbons (Fsp3) is 0. The zero-order valence-corrected chi connectivity index (χ0v) is 17.2. The molecule has 4 heteroatoms. The van der Waals surface area contributed by atoms with Gasteiger partial charge in [0.05, 0.1) is 0 Å². The standard InChI is InChI=1S/C25H17O2PS/c26-25(27)24-23(15-16-29-24)28(21-13-5-9-17-7-1-3-11-19(17)21)22-14-6-10-18-8-2-4-12-20(18)22/h1-16H,(H,26,27). The van der Waals surface area contributed by atoms with E-state index in [9.17, 15) is 9.90 Å². The van der Waals surface area contributed by atoms with Crippen molar-refractivity contribution in [2.75, 3.05) is 0 Å². The largest absolute Gasteiger partial charge is 0.477 e. The predicted octanol–water partition coefficient (Wildman–Crippen LogP) is 5.51. The van der Waals surface area contributed by atoms with Gasteiger partial charge in [-0.2, -0.15) is 0 Å². The van der Waals surface area contributed by atoms with E-state index >= 15 is 0 Å². The van der Waals surface area contributed by atoms with Crippen LogP contribution in [-0.2, 0) is 0 Å². The van der Waals surface area contributed by atoms with Crippen molar-refractivity contribution in [1.82, 2.24) is 0 Å². The Morgan fingerprint density at radius 2 is 1.17 bits per heavy atom. The summed E-state index contributed by atoms with van der Waals surface area (Å²) in [6.07, 6.45) is 0. The van der Waals surface area contributed by atoms with Crippen LogP contribution >= 0.6 is 19.3 Å². The highest BCUT2D eigenvalue weighted by Crippen LogP contribution is 2.40. The summed E-state index contributed by atoms with van der Waals surface area (Å²) in [4.78, 5) is 12.4. The highest BCUT2D eigenvalue weighted by molar-refractivity contribution is 7.81. The molecule has 0 aliphatic carbocycles. The number of carbonyl (C=O) groups is 1. The summed E-state index contributed by atoms with van der Waals surface area (Å²) < 4.78 is 0.